The van der Waals surface area contributed by atoms with Gasteiger partial charge in [-0.1, -0.05) is 19.3 Å². The van der Waals surface area contributed by atoms with E-state index in [4.69, 9.17) is 4.98 Å². The highest BCUT2D eigenvalue weighted by atomic mass is 15.1. The number of hydrogen-bond donors (Lipinski definition) is 0. The molecule has 2 aromatic rings. The molecule has 23 heavy (non-hydrogen) atoms. The summed E-state index contributed by atoms with van der Waals surface area (Å²) in [6, 6.07) is 0. The Kier molecular flexibility index (Phi) is 4.28. The van der Waals surface area contributed by atoms with Crippen LogP contribution in [0.25, 0.3) is 11.4 Å². The number of aromatic nitrogens is 4. The van der Waals surface area contributed by atoms with Crippen molar-refractivity contribution in [1.29, 1.82) is 0 Å². The zero-order valence-electron chi connectivity index (χ0n) is 13.5. The van der Waals surface area contributed by atoms with Crippen LogP contribution in [0.3, 0.4) is 0 Å². The van der Waals surface area contributed by atoms with Gasteiger partial charge in [0.05, 0.1) is 11.3 Å². The molecule has 5 nitrogen and oxygen atoms in total. The lowest BCUT2D eigenvalue weighted by Crippen LogP contribution is -2.35. The Morgan fingerprint density at radius 3 is 2.70 bits per heavy atom. The van der Waals surface area contributed by atoms with Crippen molar-refractivity contribution in [2.75, 3.05) is 13.1 Å². The van der Waals surface area contributed by atoms with E-state index in [1.807, 2.05) is 6.20 Å². The van der Waals surface area contributed by atoms with Crippen LogP contribution in [0.4, 0.5) is 0 Å². The minimum absolute atomic E-state index is 0.740. The molecule has 1 aliphatic heterocycles. The molecule has 2 aliphatic rings. The second-order valence-electron chi connectivity index (χ2n) is 6.78. The Bertz CT molecular complexity index is 652. The summed E-state index contributed by atoms with van der Waals surface area (Å²) in [7, 11) is 0. The highest BCUT2D eigenvalue weighted by molar-refractivity contribution is 5.52. The third kappa shape index (κ3) is 3.39. The summed E-state index contributed by atoms with van der Waals surface area (Å²) in [4.78, 5) is 20.0. The predicted molar refractivity (Wildman–Crippen MR) is 88.6 cm³/mol. The van der Waals surface area contributed by atoms with Gasteiger partial charge in [0.25, 0.3) is 0 Å². The van der Waals surface area contributed by atoms with Gasteiger partial charge in [0.2, 0.25) is 0 Å². The zero-order chi connectivity index (χ0) is 15.5. The standard InChI is InChI=1S/C18H23N5/c1-2-4-14(5-3-1)11-23-7-6-15-10-21-18(22-17(15)12-23)16-8-19-13-20-9-16/h8-10,13-14H,1-7,11-12H2. The van der Waals surface area contributed by atoms with Gasteiger partial charge in [-0.05, 0) is 30.7 Å². The van der Waals surface area contributed by atoms with Crippen LogP contribution in [-0.2, 0) is 13.0 Å². The lowest BCUT2D eigenvalue weighted by atomic mass is 9.88. The van der Waals surface area contributed by atoms with Gasteiger partial charge in [0.1, 0.15) is 6.33 Å². The van der Waals surface area contributed by atoms with E-state index in [1.54, 1.807) is 12.4 Å². The molecule has 2 aromatic heterocycles. The molecule has 0 saturated heterocycles. The van der Waals surface area contributed by atoms with Crippen molar-refractivity contribution in [2.45, 2.75) is 45.1 Å². The van der Waals surface area contributed by atoms with E-state index in [2.05, 4.69) is 19.9 Å². The maximum absolute atomic E-state index is 4.79. The monoisotopic (exact) mass is 309 g/mol. The Labute approximate surface area is 137 Å². The molecule has 1 saturated carbocycles. The molecule has 0 unspecified atom stereocenters. The molecule has 0 amide bonds. The molecule has 1 fully saturated rings. The van der Waals surface area contributed by atoms with E-state index in [1.165, 1.54) is 56.2 Å². The van der Waals surface area contributed by atoms with Gasteiger partial charge in [-0.3, -0.25) is 4.90 Å². The van der Waals surface area contributed by atoms with Crippen LogP contribution in [0.15, 0.2) is 24.9 Å². The molecule has 0 radical (unpaired) electrons. The van der Waals surface area contributed by atoms with E-state index >= 15 is 0 Å². The fourth-order valence-electron chi connectivity index (χ4n) is 3.80. The normalized spacial score (nSPS) is 19.5. The molecule has 0 N–H and O–H groups in total. The van der Waals surface area contributed by atoms with E-state index in [0.29, 0.717) is 0 Å². The van der Waals surface area contributed by atoms with Gasteiger partial charge in [0, 0.05) is 38.2 Å². The summed E-state index contributed by atoms with van der Waals surface area (Å²) in [5, 5.41) is 0. The lowest BCUT2D eigenvalue weighted by Gasteiger charge is -2.32. The van der Waals surface area contributed by atoms with Crippen molar-refractivity contribution >= 4 is 0 Å². The minimum Gasteiger partial charge on any atom is -0.297 e. The predicted octanol–water partition coefficient (Wildman–Crippen LogP) is 2.87. The van der Waals surface area contributed by atoms with Gasteiger partial charge in [0.15, 0.2) is 5.82 Å². The average molecular weight is 309 g/mol. The van der Waals surface area contributed by atoms with Crippen molar-refractivity contribution in [1.82, 2.24) is 24.8 Å². The molecular formula is C18H23N5. The third-order valence-electron chi connectivity index (χ3n) is 5.08. The summed E-state index contributed by atoms with van der Waals surface area (Å²) in [6.45, 7) is 3.32. The highest BCUT2D eigenvalue weighted by Crippen LogP contribution is 2.27. The first-order valence-corrected chi connectivity index (χ1v) is 8.71. The van der Waals surface area contributed by atoms with E-state index < -0.39 is 0 Å². The number of hydrogen-bond acceptors (Lipinski definition) is 5. The second-order valence-corrected chi connectivity index (χ2v) is 6.78. The molecule has 0 atom stereocenters. The first kappa shape index (κ1) is 14.7. The Hall–Kier alpha value is -1.88. The lowest BCUT2D eigenvalue weighted by molar-refractivity contribution is 0.184. The van der Waals surface area contributed by atoms with Crippen LogP contribution >= 0.6 is 0 Å². The molecule has 5 heteroatoms. The molecule has 4 rings (SSSR count). The van der Waals surface area contributed by atoms with Gasteiger partial charge < -0.3 is 0 Å². The quantitative estimate of drug-likeness (QED) is 0.872. The number of nitrogens with zero attached hydrogens (tertiary/aromatic N) is 5. The summed E-state index contributed by atoms with van der Waals surface area (Å²) >= 11 is 0. The first-order valence-electron chi connectivity index (χ1n) is 8.71. The summed E-state index contributed by atoms with van der Waals surface area (Å²) in [5.41, 5.74) is 3.37. The molecule has 1 aliphatic carbocycles. The van der Waals surface area contributed by atoms with Crippen molar-refractivity contribution in [3.8, 4) is 11.4 Å². The number of rotatable bonds is 3. The Morgan fingerprint density at radius 2 is 1.87 bits per heavy atom. The number of fused-ring (bicyclic) bond motifs is 1. The first-order chi connectivity index (χ1) is 11.4. The maximum atomic E-state index is 4.79. The molecule has 0 aromatic carbocycles. The fourth-order valence-corrected chi connectivity index (χ4v) is 3.80. The van der Waals surface area contributed by atoms with E-state index in [-0.39, 0.29) is 0 Å². The summed E-state index contributed by atoms with van der Waals surface area (Å²) in [5.74, 6) is 1.62. The van der Waals surface area contributed by atoms with Crippen LogP contribution < -0.4 is 0 Å². The van der Waals surface area contributed by atoms with Crippen LogP contribution in [-0.4, -0.2) is 37.9 Å². The minimum atomic E-state index is 0.740. The molecular weight excluding hydrogens is 286 g/mol. The SMILES string of the molecule is c1ncc(-c2ncc3c(n2)CN(CC2CCCCC2)CC3)cn1. The maximum Gasteiger partial charge on any atom is 0.162 e. The molecule has 120 valence electrons. The molecule has 0 spiro atoms. The fraction of sp³-hybridized carbons (Fsp3) is 0.556. The topological polar surface area (TPSA) is 54.8 Å². The van der Waals surface area contributed by atoms with Crippen LogP contribution in [0.1, 0.15) is 43.4 Å². The van der Waals surface area contributed by atoms with Crippen molar-refractivity contribution in [3.05, 3.63) is 36.2 Å². The smallest absolute Gasteiger partial charge is 0.162 e. The average Bonchev–Trinajstić information content (AvgIpc) is 2.63. The largest absolute Gasteiger partial charge is 0.297 e. The van der Waals surface area contributed by atoms with E-state index in [0.717, 1.165) is 36.8 Å². The van der Waals surface area contributed by atoms with Crippen LogP contribution in [0.5, 0.6) is 0 Å². The summed E-state index contributed by atoms with van der Waals surface area (Å²) < 4.78 is 0. The zero-order valence-corrected chi connectivity index (χ0v) is 13.5. The molecule has 3 heterocycles. The van der Waals surface area contributed by atoms with Crippen LogP contribution in [0.2, 0.25) is 0 Å². The van der Waals surface area contributed by atoms with Crippen molar-refractivity contribution in [3.63, 3.8) is 0 Å². The Morgan fingerprint density at radius 1 is 1.04 bits per heavy atom. The van der Waals surface area contributed by atoms with Crippen molar-refractivity contribution in [2.24, 2.45) is 5.92 Å². The Balaban J connectivity index is 1.49. The second kappa shape index (κ2) is 6.71. The van der Waals surface area contributed by atoms with Gasteiger partial charge in [-0.25, -0.2) is 19.9 Å². The van der Waals surface area contributed by atoms with Gasteiger partial charge >= 0.3 is 0 Å². The molecule has 0 bridgehead atoms. The summed E-state index contributed by atoms with van der Waals surface area (Å²) in [6.07, 6.45) is 15.2. The van der Waals surface area contributed by atoms with Crippen molar-refractivity contribution < 1.29 is 0 Å². The third-order valence-corrected chi connectivity index (χ3v) is 5.08. The van der Waals surface area contributed by atoms with E-state index in [9.17, 15) is 0 Å². The van der Waals surface area contributed by atoms with Gasteiger partial charge in [-0.15, -0.1) is 0 Å². The highest BCUT2D eigenvalue weighted by Gasteiger charge is 2.22. The van der Waals surface area contributed by atoms with Gasteiger partial charge in [-0.2, -0.15) is 0 Å². The van der Waals surface area contributed by atoms with Crippen LogP contribution in [0, 0.1) is 5.92 Å².